The van der Waals surface area contributed by atoms with E-state index in [0.29, 0.717) is 11.3 Å². The van der Waals surface area contributed by atoms with Gasteiger partial charge >= 0.3 is 0 Å². The number of hydrogen-bond donors (Lipinski definition) is 2. The summed E-state index contributed by atoms with van der Waals surface area (Å²) in [4.78, 5) is 12.2. The van der Waals surface area contributed by atoms with Crippen LogP contribution in [0.4, 0.5) is 4.39 Å². The monoisotopic (exact) mass is 310 g/mol. The molecular weight excluding hydrogens is 299 g/mol. The number of carbonyl (C=O) groups excluding carboxylic acids is 1. The van der Waals surface area contributed by atoms with Crippen molar-refractivity contribution in [1.29, 1.82) is 0 Å². The largest absolute Gasteiger partial charge is 0.290 e. The average Bonchev–Trinajstić information content (AvgIpc) is 2.48. The fourth-order valence-corrected chi connectivity index (χ4v) is 2.71. The first-order chi connectivity index (χ1) is 9.60. The van der Waals surface area contributed by atoms with Crippen molar-refractivity contribution in [1.82, 2.24) is 5.43 Å². The van der Waals surface area contributed by atoms with Gasteiger partial charge in [-0.05, 0) is 35.9 Å². The van der Waals surface area contributed by atoms with Crippen molar-refractivity contribution in [3.05, 3.63) is 64.4 Å². The van der Waals surface area contributed by atoms with Gasteiger partial charge in [0.2, 0.25) is 0 Å². The number of rotatable bonds is 4. The van der Waals surface area contributed by atoms with Gasteiger partial charge in [0.1, 0.15) is 5.82 Å². The maximum Gasteiger partial charge on any atom is 0.265 e. The number of benzene rings is 2. The van der Waals surface area contributed by atoms with Gasteiger partial charge in [0.05, 0.1) is 5.02 Å². The molecule has 0 saturated heterocycles. The Hall–Kier alpha value is -1.56. The van der Waals surface area contributed by atoms with Crippen LogP contribution in [0.2, 0.25) is 5.02 Å². The average molecular weight is 311 g/mol. The Morgan fingerprint density at radius 1 is 1.25 bits per heavy atom. The number of carbonyl (C=O) groups is 1. The molecule has 0 aromatic heterocycles. The van der Waals surface area contributed by atoms with Crippen LogP contribution in [0.25, 0.3) is 0 Å². The summed E-state index contributed by atoms with van der Waals surface area (Å²) in [6.45, 7) is 0. The summed E-state index contributed by atoms with van der Waals surface area (Å²) in [6.07, 6.45) is 0. The molecule has 0 radical (unpaired) electrons. The van der Waals surface area contributed by atoms with Gasteiger partial charge in [-0.2, -0.15) is 0 Å². The Morgan fingerprint density at radius 2 is 1.95 bits per heavy atom. The molecule has 0 aliphatic rings. The molecule has 0 heterocycles. The normalized spacial score (nSPS) is 10.3. The molecule has 2 rings (SSSR count). The van der Waals surface area contributed by atoms with Crippen molar-refractivity contribution in [2.45, 2.75) is 10.6 Å². The highest BCUT2D eigenvalue weighted by Crippen LogP contribution is 2.26. The molecule has 0 aliphatic heterocycles. The fourth-order valence-electron chi connectivity index (χ4n) is 1.57. The number of thioether (sulfide) groups is 1. The predicted molar refractivity (Wildman–Crippen MR) is 79.1 cm³/mol. The summed E-state index contributed by atoms with van der Waals surface area (Å²) >= 11 is 7.26. The van der Waals surface area contributed by atoms with Crippen LogP contribution in [0.15, 0.2) is 47.4 Å². The van der Waals surface area contributed by atoms with Crippen LogP contribution in [-0.2, 0) is 5.75 Å². The summed E-state index contributed by atoms with van der Waals surface area (Å²) in [5, 5.41) is 0.116. The van der Waals surface area contributed by atoms with E-state index in [0.717, 1.165) is 10.5 Å². The van der Waals surface area contributed by atoms with Crippen LogP contribution in [0, 0.1) is 5.82 Å². The molecule has 104 valence electrons. The number of nitrogen functional groups attached to an aromatic ring is 1. The van der Waals surface area contributed by atoms with Crippen molar-refractivity contribution in [3.8, 4) is 0 Å². The first-order valence-electron chi connectivity index (χ1n) is 5.78. The highest BCUT2D eigenvalue weighted by Gasteiger charge is 2.04. The Bertz CT molecular complexity index is 619. The molecule has 0 spiro atoms. The second-order valence-electron chi connectivity index (χ2n) is 4.03. The molecule has 1 amide bonds. The van der Waals surface area contributed by atoms with E-state index in [1.54, 1.807) is 36.0 Å². The van der Waals surface area contributed by atoms with E-state index in [1.807, 2.05) is 12.1 Å². The molecule has 0 saturated carbocycles. The summed E-state index contributed by atoms with van der Waals surface area (Å²) in [6, 6.07) is 11.7. The lowest BCUT2D eigenvalue weighted by molar-refractivity contribution is 0.0953. The summed E-state index contributed by atoms with van der Waals surface area (Å²) in [5.41, 5.74) is 3.63. The number of hydrazine groups is 1. The molecule has 3 N–H and O–H groups in total. The second kappa shape index (κ2) is 6.74. The van der Waals surface area contributed by atoms with E-state index >= 15 is 0 Å². The van der Waals surface area contributed by atoms with E-state index < -0.39 is 5.82 Å². The lowest BCUT2D eigenvalue weighted by Crippen LogP contribution is -2.29. The van der Waals surface area contributed by atoms with Crippen LogP contribution in [0.3, 0.4) is 0 Å². The number of hydrogen-bond acceptors (Lipinski definition) is 3. The van der Waals surface area contributed by atoms with Gasteiger partial charge in [-0.25, -0.2) is 10.2 Å². The van der Waals surface area contributed by atoms with Gasteiger partial charge in [0.25, 0.3) is 5.91 Å². The van der Waals surface area contributed by atoms with Crippen molar-refractivity contribution in [2.75, 3.05) is 0 Å². The van der Waals surface area contributed by atoms with Crippen LogP contribution in [0.5, 0.6) is 0 Å². The third-order valence-electron chi connectivity index (χ3n) is 2.64. The highest BCUT2D eigenvalue weighted by atomic mass is 35.5. The van der Waals surface area contributed by atoms with Crippen LogP contribution in [0.1, 0.15) is 15.9 Å². The second-order valence-corrected chi connectivity index (χ2v) is 5.49. The fraction of sp³-hybridized carbons (Fsp3) is 0.0714. The SMILES string of the molecule is NNC(=O)c1ccc(CSc2ccc(F)c(Cl)c2)cc1. The van der Waals surface area contributed by atoms with Crippen molar-refractivity contribution in [3.63, 3.8) is 0 Å². The highest BCUT2D eigenvalue weighted by molar-refractivity contribution is 7.98. The molecule has 6 heteroatoms. The molecule has 0 aliphatic carbocycles. The number of halogens is 2. The van der Waals surface area contributed by atoms with Gasteiger partial charge in [-0.15, -0.1) is 11.8 Å². The van der Waals surface area contributed by atoms with Gasteiger partial charge in [-0.1, -0.05) is 23.7 Å². The molecule has 0 fully saturated rings. The molecule has 3 nitrogen and oxygen atoms in total. The number of nitrogens with one attached hydrogen (secondary N) is 1. The molecule has 0 atom stereocenters. The Balaban J connectivity index is 2.00. The van der Waals surface area contributed by atoms with Gasteiger partial charge < -0.3 is 0 Å². The van der Waals surface area contributed by atoms with E-state index in [-0.39, 0.29) is 10.9 Å². The van der Waals surface area contributed by atoms with Crippen molar-refractivity contribution >= 4 is 29.3 Å². The molecule has 2 aromatic rings. The van der Waals surface area contributed by atoms with Crippen molar-refractivity contribution < 1.29 is 9.18 Å². The Kier molecular flexibility index (Phi) is 5.00. The number of nitrogens with two attached hydrogens (primary N) is 1. The van der Waals surface area contributed by atoms with E-state index in [1.165, 1.54) is 6.07 Å². The van der Waals surface area contributed by atoms with E-state index in [2.05, 4.69) is 5.43 Å². The minimum atomic E-state index is -0.423. The van der Waals surface area contributed by atoms with E-state index in [4.69, 9.17) is 17.4 Å². The minimum Gasteiger partial charge on any atom is -0.290 e. The zero-order valence-electron chi connectivity index (χ0n) is 10.4. The first kappa shape index (κ1) is 14.8. The molecule has 0 unspecified atom stereocenters. The first-order valence-corrected chi connectivity index (χ1v) is 7.14. The third kappa shape index (κ3) is 3.72. The summed E-state index contributed by atoms with van der Waals surface area (Å²) in [7, 11) is 0. The third-order valence-corrected chi connectivity index (χ3v) is 4.00. The molecule has 20 heavy (non-hydrogen) atoms. The topological polar surface area (TPSA) is 55.1 Å². The van der Waals surface area contributed by atoms with Gasteiger partial charge in [0, 0.05) is 16.2 Å². The number of amides is 1. The zero-order chi connectivity index (χ0) is 14.5. The molecular formula is C14H12ClFN2OS. The summed E-state index contributed by atoms with van der Waals surface area (Å²) < 4.78 is 13.0. The van der Waals surface area contributed by atoms with Gasteiger partial charge in [0.15, 0.2) is 0 Å². The smallest absolute Gasteiger partial charge is 0.265 e. The Morgan fingerprint density at radius 3 is 2.55 bits per heavy atom. The maximum absolute atomic E-state index is 13.0. The zero-order valence-corrected chi connectivity index (χ0v) is 12.0. The summed E-state index contributed by atoms with van der Waals surface area (Å²) in [5.74, 6) is 5.01. The Labute approximate surface area is 125 Å². The van der Waals surface area contributed by atoms with Crippen molar-refractivity contribution in [2.24, 2.45) is 5.84 Å². The minimum absolute atomic E-state index is 0.116. The lowest BCUT2D eigenvalue weighted by Gasteiger charge is -2.04. The molecule has 2 aromatic carbocycles. The standard InChI is InChI=1S/C14H12ClFN2OS/c15-12-7-11(5-6-13(12)16)20-8-9-1-3-10(4-2-9)14(19)18-17/h1-7H,8,17H2,(H,18,19). The molecule has 0 bridgehead atoms. The lowest BCUT2D eigenvalue weighted by atomic mass is 10.1. The van der Waals surface area contributed by atoms with Crippen LogP contribution >= 0.6 is 23.4 Å². The van der Waals surface area contributed by atoms with Gasteiger partial charge in [-0.3, -0.25) is 10.2 Å². The van der Waals surface area contributed by atoms with E-state index in [9.17, 15) is 9.18 Å². The van der Waals surface area contributed by atoms with Crippen LogP contribution < -0.4 is 11.3 Å². The predicted octanol–water partition coefficient (Wildman–Crippen LogP) is 3.37. The maximum atomic E-state index is 13.0. The quantitative estimate of drug-likeness (QED) is 0.394. The van der Waals surface area contributed by atoms with Crippen LogP contribution in [-0.4, -0.2) is 5.91 Å².